The van der Waals surface area contributed by atoms with Gasteiger partial charge >= 0.3 is 0 Å². The number of amides is 1. The molecule has 0 saturated carbocycles. The highest BCUT2D eigenvalue weighted by Crippen LogP contribution is 2.23. The standard InChI is InChI=1S/C12H14ClFN2O2S/c1-16(6-5-10(15)19)11(17)7-18-9-4-2-3-8(13)12(9)14/h2-4H,5-7H2,1H3,(H2,15,19). The molecule has 0 aliphatic carbocycles. The SMILES string of the molecule is CN(CCC(N)=S)C(=O)COc1cccc(Cl)c1F. The van der Waals surface area contributed by atoms with Crippen LogP contribution in [0.15, 0.2) is 18.2 Å². The molecular weight excluding hydrogens is 291 g/mol. The summed E-state index contributed by atoms with van der Waals surface area (Å²) < 4.78 is 18.6. The summed E-state index contributed by atoms with van der Waals surface area (Å²) in [7, 11) is 1.60. The van der Waals surface area contributed by atoms with E-state index in [4.69, 9.17) is 34.3 Å². The molecule has 1 amide bonds. The molecule has 104 valence electrons. The lowest BCUT2D eigenvalue weighted by molar-refractivity contribution is -0.132. The van der Waals surface area contributed by atoms with Crippen LogP contribution in [-0.4, -0.2) is 36.0 Å². The lowest BCUT2D eigenvalue weighted by atomic mass is 10.3. The van der Waals surface area contributed by atoms with Gasteiger partial charge in [0.05, 0.1) is 10.0 Å². The Kier molecular flexibility index (Phi) is 5.98. The van der Waals surface area contributed by atoms with E-state index in [1.807, 2.05) is 0 Å². The second kappa shape index (κ2) is 7.25. The van der Waals surface area contributed by atoms with E-state index in [1.54, 1.807) is 13.1 Å². The summed E-state index contributed by atoms with van der Waals surface area (Å²) in [5, 5.41) is -0.0493. The molecule has 0 fully saturated rings. The van der Waals surface area contributed by atoms with Crippen molar-refractivity contribution in [3.63, 3.8) is 0 Å². The van der Waals surface area contributed by atoms with Crippen molar-refractivity contribution in [2.24, 2.45) is 5.73 Å². The van der Waals surface area contributed by atoms with E-state index in [2.05, 4.69) is 0 Å². The third-order valence-corrected chi connectivity index (χ3v) is 2.88. The van der Waals surface area contributed by atoms with Gasteiger partial charge in [0, 0.05) is 20.0 Å². The number of nitrogens with zero attached hydrogens (tertiary/aromatic N) is 1. The Hall–Kier alpha value is -1.40. The van der Waals surface area contributed by atoms with Crippen LogP contribution in [0.4, 0.5) is 4.39 Å². The molecule has 0 aliphatic rings. The molecule has 0 unspecified atom stereocenters. The van der Waals surface area contributed by atoms with Crippen molar-refractivity contribution < 1.29 is 13.9 Å². The van der Waals surface area contributed by atoms with E-state index in [1.165, 1.54) is 17.0 Å². The van der Waals surface area contributed by atoms with E-state index >= 15 is 0 Å². The van der Waals surface area contributed by atoms with Crippen molar-refractivity contribution in [1.82, 2.24) is 4.90 Å². The van der Waals surface area contributed by atoms with E-state index in [0.29, 0.717) is 18.0 Å². The maximum atomic E-state index is 13.5. The minimum absolute atomic E-state index is 0.0493. The Balaban J connectivity index is 2.49. The molecule has 1 aromatic rings. The Morgan fingerprint density at radius 1 is 1.58 bits per heavy atom. The highest BCUT2D eigenvalue weighted by atomic mass is 35.5. The normalized spacial score (nSPS) is 10.1. The molecule has 1 rings (SSSR count). The Labute approximate surface area is 121 Å². The number of hydrogen-bond donors (Lipinski definition) is 1. The summed E-state index contributed by atoms with van der Waals surface area (Å²) >= 11 is 10.3. The van der Waals surface area contributed by atoms with Crippen LogP contribution in [0.5, 0.6) is 5.75 Å². The molecule has 0 aromatic heterocycles. The van der Waals surface area contributed by atoms with E-state index in [-0.39, 0.29) is 23.3 Å². The summed E-state index contributed by atoms with van der Waals surface area (Å²) in [5.41, 5.74) is 5.34. The van der Waals surface area contributed by atoms with E-state index in [0.717, 1.165) is 0 Å². The second-order valence-electron chi connectivity index (χ2n) is 3.87. The van der Waals surface area contributed by atoms with Crippen molar-refractivity contribution in [1.29, 1.82) is 0 Å². The van der Waals surface area contributed by atoms with Crippen LogP contribution in [0.2, 0.25) is 5.02 Å². The number of rotatable bonds is 6. The Morgan fingerprint density at radius 3 is 2.89 bits per heavy atom. The second-order valence-corrected chi connectivity index (χ2v) is 4.80. The molecule has 4 nitrogen and oxygen atoms in total. The zero-order valence-electron chi connectivity index (χ0n) is 10.4. The molecular formula is C12H14ClFN2O2S. The third-order valence-electron chi connectivity index (χ3n) is 2.39. The van der Waals surface area contributed by atoms with Gasteiger partial charge in [-0.1, -0.05) is 29.9 Å². The minimum atomic E-state index is -0.678. The van der Waals surface area contributed by atoms with Crippen LogP contribution in [-0.2, 0) is 4.79 Å². The molecule has 7 heteroatoms. The number of carbonyl (C=O) groups is 1. The van der Waals surface area contributed by atoms with Gasteiger partial charge in [-0.15, -0.1) is 0 Å². The van der Waals surface area contributed by atoms with Gasteiger partial charge in [-0.2, -0.15) is 0 Å². The summed E-state index contributed by atoms with van der Waals surface area (Å²) in [6.07, 6.45) is 0.434. The smallest absolute Gasteiger partial charge is 0.260 e. The van der Waals surface area contributed by atoms with Crippen LogP contribution in [0.3, 0.4) is 0 Å². The monoisotopic (exact) mass is 304 g/mol. The fourth-order valence-corrected chi connectivity index (χ4v) is 1.50. The van der Waals surface area contributed by atoms with Crippen LogP contribution in [0, 0.1) is 5.82 Å². The summed E-state index contributed by atoms with van der Waals surface area (Å²) in [5.74, 6) is -1.03. The third kappa shape index (κ3) is 5.00. The van der Waals surface area contributed by atoms with Crippen LogP contribution in [0.1, 0.15) is 6.42 Å². The first-order chi connectivity index (χ1) is 8.91. The van der Waals surface area contributed by atoms with Crippen LogP contribution in [0.25, 0.3) is 0 Å². The quantitative estimate of drug-likeness (QED) is 0.817. The molecule has 0 radical (unpaired) electrons. The van der Waals surface area contributed by atoms with Gasteiger partial charge in [-0.3, -0.25) is 4.79 Å². The van der Waals surface area contributed by atoms with E-state index < -0.39 is 5.82 Å². The first-order valence-corrected chi connectivity index (χ1v) is 6.29. The Morgan fingerprint density at radius 2 is 2.26 bits per heavy atom. The molecule has 0 aliphatic heterocycles. The maximum absolute atomic E-state index is 13.5. The Bertz CT molecular complexity index is 485. The number of likely N-dealkylation sites (N-methyl/N-ethyl adjacent to an activating group) is 1. The average Bonchev–Trinajstić information content (AvgIpc) is 2.37. The van der Waals surface area contributed by atoms with Gasteiger partial charge in [0.2, 0.25) is 0 Å². The molecule has 0 heterocycles. The van der Waals surface area contributed by atoms with Crippen molar-refractivity contribution in [3.8, 4) is 5.75 Å². The number of halogens is 2. The van der Waals surface area contributed by atoms with Gasteiger partial charge in [-0.25, -0.2) is 4.39 Å². The zero-order valence-corrected chi connectivity index (χ0v) is 11.9. The molecule has 0 saturated heterocycles. The average molecular weight is 305 g/mol. The van der Waals surface area contributed by atoms with Gasteiger partial charge in [0.15, 0.2) is 18.2 Å². The fourth-order valence-electron chi connectivity index (χ4n) is 1.25. The van der Waals surface area contributed by atoms with Gasteiger partial charge in [-0.05, 0) is 12.1 Å². The number of carbonyl (C=O) groups excluding carboxylic acids is 1. The lowest BCUT2D eigenvalue weighted by Crippen LogP contribution is -2.33. The molecule has 0 atom stereocenters. The van der Waals surface area contributed by atoms with E-state index in [9.17, 15) is 9.18 Å². The summed E-state index contributed by atoms with van der Waals surface area (Å²) in [4.78, 5) is 13.4. The number of hydrogen-bond acceptors (Lipinski definition) is 3. The highest BCUT2D eigenvalue weighted by molar-refractivity contribution is 7.80. The van der Waals surface area contributed by atoms with Gasteiger partial charge < -0.3 is 15.4 Å². The molecule has 2 N–H and O–H groups in total. The minimum Gasteiger partial charge on any atom is -0.481 e. The number of benzene rings is 1. The predicted molar refractivity (Wildman–Crippen MR) is 75.9 cm³/mol. The van der Waals surface area contributed by atoms with Crippen LogP contribution >= 0.6 is 23.8 Å². The van der Waals surface area contributed by atoms with Crippen molar-refractivity contribution in [2.45, 2.75) is 6.42 Å². The number of nitrogens with two attached hydrogens (primary N) is 1. The molecule has 0 bridgehead atoms. The van der Waals surface area contributed by atoms with Crippen molar-refractivity contribution in [2.75, 3.05) is 20.2 Å². The molecule has 1 aromatic carbocycles. The van der Waals surface area contributed by atoms with Gasteiger partial charge in [0.1, 0.15) is 0 Å². The van der Waals surface area contributed by atoms with Crippen molar-refractivity contribution >= 4 is 34.7 Å². The topological polar surface area (TPSA) is 55.6 Å². The lowest BCUT2D eigenvalue weighted by Gasteiger charge is -2.17. The molecule has 19 heavy (non-hydrogen) atoms. The maximum Gasteiger partial charge on any atom is 0.260 e. The first kappa shape index (κ1) is 15.7. The number of thiocarbonyl (C=S) groups is 1. The van der Waals surface area contributed by atoms with Gasteiger partial charge in [0.25, 0.3) is 5.91 Å². The first-order valence-electron chi connectivity index (χ1n) is 5.51. The molecule has 0 spiro atoms. The van der Waals surface area contributed by atoms with Crippen LogP contribution < -0.4 is 10.5 Å². The summed E-state index contributed by atoms with van der Waals surface area (Å²) in [6.45, 7) is 0.126. The highest BCUT2D eigenvalue weighted by Gasteiger charge is 2.12. The largest absolute Gasteiger partial charge is 0.481 e. The fraction of sp³-hybridized carbons (Fsp3) is 0.333. The zero-order chi connectivity index (χ0) is 14.4. The number of ether oxygens (including phenoxy) is 1. The summed E-state index contributed by atoms with van der Waals surface area (Å²) in [6, 6.07) is 4.35. The predicted octanol–water partition coefficient (Wildman–Crippen LogP) is 1.99. The van der Waals surface area contributed by atoms with Crippen molar-refractivity contribution in [3.05, 3.63) is 29.0 Å².